The smallest absolute Gasteiger partial charge is 0.248 e. The summed E-state index contributed by atoms with van der Waals surface area (Å²) in [6, 6.07) is 7.33. The molecule has 0 aromatic heterocycles. The lowest BCUT2D eigenvalue weighted by molar-refractivity contribution is 0.0999. The highest BCUT2D eigenvalue weighted by molar-refractivity contribution is 5.94. The van der Waals surface area contributed by atoms with Crippen LogP contribution in [0.4, 0.5) is 0 Å². The lowest BCUT2D eigenvalue weighted by Gasteiger charge is -2.14. The Hall–Kier alpha value is -1.97. The predicted molar refractivity (Wildman–Crippen MR) is 56.6 cm³/mol. The quantitative estimate of drug-likeness (QED) is 0.779. The first-order valence-corrected chi connectivity index (χ1v) is 4.71. The second-order valence-electron chi connectivity index (χ2n) is 3.34. The zero-order chi connectivity index (χ0) is 10.7. The van der Waals surface area contributed by atoms with Crippen LogP contribution in [0.3, 0.4) is 0 Å². The molecule has 2 N–H and O–H groups in total. The van der Waals surface area contributed by atoms with E-state index in [1.807, 2.05) is 18.2 Å². The Kier molecular flexibility index (Phi) is 2.58. The van der Waals surface area contributed by atoms with E-state index in [-0.39, 0.29) is 5.92 Å². The number of carbonyl (C=O) groups excluding carboxylic acids is 1. The van der Waals surface area contributed by atoms with Crippen molar-refractivity contribution in [3.8, 4) is 0 Å². The third kappa shape index (κ3) is 1.93. The molecule has 0 bridgehead atoms. The van der Waals surface area contributed by atoms with Crippen LogP contribution < -0.4 is 5.73 Å². The zero-order valence-corrected chi connectivity index (χ0v) is 8.13. The highest BCUT2D eigenvalue weighted by Crippen LogP contribution is 2.23. The maximum absolute atomic E-state index is 11.2. The molecule has 76 valence electrons. The summed E-state index contributed by atoms with van der Waals surface area (Å²) in [6.07, 6.45) is 3.57. The maximum Gasteiger partial charge on any atom is 0.248 e. The minimum absolute atomic E-state index is 0.103. The van der Waals surface area contributed by atoms with Crippen LogP contribution in [0.5, 0.6) is 0 Å². The fourth-order valence-electron chi connectivity index (χ4n) is 1.63. The van der Waals surface area contributed by atoms with Crippen molar-refractivity contribution in [2.75, 3.05) is 6.54 Å². The van der Waals surface area contributed by atoms with Crippen molar-refractivity contribution in [3.63, 3.8) is 0 Å². The van der Waals surface area contributed by atoms with Gasteiger partial charge < -0.3 is 5.73 Å². The van der Waals surface area contributed by atoms with Gasteiger partial charge in [-0.15, -0.1) is 0 Å². The van der Waals surface area contributed by atoms with Gasteiger partial charge in [-0.05, 0) is 11.6 Å². The summed E-state index contributed by atoms with van der Waals surface area (Å²) in [5.41, 5.74) is 6.78. The number of benzene rings is 1. The summed E-state index contributed by atoms with van der Waals surface area (Å²) in [5, 5.41) is 7.68. The van der Waals surface area contributed by atoms with Gasteiger partial charge in [0.15, 0.2) is 0 Å². The Labute approximate surface area is 87.5 Å². The van der Waals surface area contributed by atoms with Gasteiger partial charge in [0, 0.05) is 17.7 Å². The Balaban J connectivity index is 2.39. The van der Waals surface area contributed by atoms with E-state index in [1.54, 1.807) is 18.3 Å². The molecule has 0 radical (unpaired) electrons. The fraction of sp³-hybridized carbons (Fsp3) is 0.182. The molecule has 0 aliphatic carbocycles. The van der Waals surface area contributed by atoms with Gasteiger partial charge in [0.1, 0.15) is 0 Å². The van der Waals surface area contributed by atoms with Crippen molar-refractivity contribution < 1.29 is 4.79 Å². The predicted octanol–water partition coefficient (Wildman–Crippen LogP) is 1.85. The van der Waals surface area contributed by atoms with E-state index in [4.69, 9.17) is 5.73 Å². The van der Waals surface area contributed by atoms with Gasteiger partial charge in [0.25, 0.3) is 0 Å². The summed E-state index contributed by atoms with van der Waals surface area (Å²) >= 11 is 0. The lowest BCUT2D eigenvalue weighted by Crippen LogP contribution is -2.16. The minimum atomic E-state index is -0.401. The molecule has 2 rings (SSSR count). The molecule has 1 heterocycles. The number of nitrogens with zero attached hydrogens (tertiary/aromatic N) is 2. The van der Waals surface area contributed by atoms with Crippen molar-refractivity contribution >= 4 is 5.91 Å². The first-order chi connectivity index (χ1) is 7.29. The van der Waals surface area contributed by atoms with Crippen LogP contribution in [-0.2, 0) is 0 Å². The minimum Gasteiger partial charge on any atom is -0.366 e. The third-order valence-corrected chi connectivity index (χ3v) is 2.37. The van der Waals surface area contributed by atoms with Crippen molar-refractivity contribution in [2.24, 2.45) is 16.0 Å². The molecule has 1 aliphatic heterocycles. The molecular weight excluding hydrogens is 190 g/mol. The van der Waals surface area contributed by atoms with E-state index in [0.717, 1.165) is 5.56 Å². The number of primary amides is 1. The van der Waals surface area contributed by atoms with Gasteiger partial charge in [0.2, 0.25) is 5.91 Å². The standard InChI is InChI=1S/C11H11N3O/c12-11(15)10-4-2-1-3-9(10)8-5-6-13-14-7-8/h1-6,8H,7H2,(H2,12,15). The molecule has 4 heteroatoms. The van der Waals surface area contributed by atoms with E-state index in [1.165, 1.54) is 0 Å². The van der Waals surface area contributed by atoms with Gasteiger partial charge in [-0.1, -0.05) is 24.3 Å². The van der Waals surface area contributed by atoms with Gasteiger partial charge in [0.05, 0.1) is 6.54 Å². The average molecular weight is 201 g/mol. The van der Waals surface area contributed by atoms with Crippen molar-refractivity contribution in [2.45, 2.75) is 5.92 Å². The third-order valence-electron chi connectivity index (χ3n) is 2.37. The molecule has 1 amide bonds. The molecular formula is C11H11N3O. The Morgan fingerprint density at radius 1 is 1.40 bits per heavy atom. The van der Waals surface area contributed by atoms with Gasteiger partial charge >= 0.3 is 0 Å². The summed E-state index contributed by atoms with van der Waals surface area (Å²) < 4.78 is 0. The first-order valence-electron chi connectivity index (χ1n) is 4.71. The monoisotopic (exact) mass is 201 g/mol. The molecule has 0 spiro atoms. The van der Waals surface area contributed by atoms with Crippen LogP contribution in [-0.4, -0.2) is 12.5 Å². The molecule has 15 heavy (non-hydrogen) atoms. The fourth-order valence-corrected chi connectivity index (χ4v) is 1.63. The van der Waals surface area contributed by atoms with E-state index in [2.05, 4.69) is 10.2 Å². The second-order valence-corrected chi connectivity index (χ2v) is 3.34. The topological polar surface area (TPSA) is 67.8 Å². The zero-order valence-electron chi connectivity index (χ0n) is 8.13. The van der Waals surface area contributed by atoms with Gasteiger partial charge in [-0.3, -0.25) is 4.79 Å². The van der Waals surface area contributed by atoms with Crippen LogP contribution in [0.15, 0.2) is 46.8 Å². The molecule has 1 aliphatic rings. The van der Waals surface area contributed by atoms with Gasteiger partial charge in [-0.2, -0.15) is 10.2 Å². The summed E-state index contributed by atoms with van der Waals surface area (Å²) in [4.78, 5) is 11.2. The molecule has 4 nitrogen and oxygen atoms in total. The number of hydrogen-bond acceptors (Lipinski definition) is 3. The molecule has 1 unspecified atom stereocenters. The Morgan fingerprint density at radius 2 is 2.20 bits per heavy atom. The SMILES string of the molecule is NC(=O)c1ccccc1C1C=CN=NC1. The number of rotatable bonds is 2. The van der Waals surface area contributed by atoms with Gasteiger partial charge in [-0.25, -0.2) is 0 Å². The first kappa shape index (κ1) is 9.58. The summed E-state index contributed by atoms with van der Waals surface area (Å²) in [7, 11) is 0. The van der Waals surface area contributed by atoms with Crippen LogP contribution in [0.25, 0.3) is 0 Å². The van der Waals surface area contributed by atoms with Crippen molar-refractivity contribution in [1.82, 2.24) is 0 Å². The molecule has 0 saturated carbocycles. The Bertz CT molecular complexity index is 437. The Morgan fingerprint density at radius 3 is 2.87 bits per heavy atom. The number of hydrogen-bond donors (Lipinski definition) is 1. The maximum atomic E-state index is 11.2. The van der Waals surface area contributed by atoms with E-state index < -0.39 is 5.91 Å². The molecule has 0 fully saturated rings. The van der Waals surface area contributed by atoms with Crippen LogP contribution in [0.1, 0.15) is 21.8 Å². The highest BCUT2D eigenvalue weighted by atomic mass is 16.1. The number of nitrogens with two attached hydrogens (primary N) is 1. The highest BCUT2D eigenvalue weighted by Gasteiger charge is 2.16. The van der Waals surface area contributed by atoms with Crippen molar-refractivity contribution in [3.05, 3.63) is 47.7 Å². The molecule has 1 aromatic rings. The van der Waals surface area contributed by atoms with Crippen LogP contribution >= 0.6 is 0 Å². The molecule has 0 saturated heterocycles. The number of carbonyl (C=O) groups is 1. The summed E-state index contributed by atoms with van der Waals surface area (Å²) in [6.45, 7) is 0.570. The summed E-state index contributed by atoms with van der Waals surface area (Å²) in [5.74, 6) is -0.298. The van der Waals surface area contributed by atoms with Crippen LogP contribution in [0.2, 0.25) is 0 Å². The lowest BCUT2D eigenvalue weighted by atomic mass is 9.93. The molecule has 1 aromatic carbocycles. The average Bonchev–Trinajstić information content (AvgIpc) is 2.30. The largest absolute Gasteiger partial charge is 0.366 e. The normalized spacial score (nSPS) is 19.1. The van der Waals surface area contributed by atoms with Crippen LogP contribution in [0, 0.1) is 0 Å². The van der Waals surface area contributed by atoms with E-state index in [0.29, 0.717) is 12.1 Å². The van der Waals surface area contributed by atoms with E-state index >= 15 is 0 Å². The van der Waals surface area contributed by atoms with Crippen molar-refractivity contribution in [1.29, 1.82) is 0 Å². The number of azo groups is 1. The second kappa shape index (κ2) is 4.04. The molecule has 1 atom stereocenters. The number of amides is 1. The van der Waals surface area contributed by atoms with E-state index in [9.17, 15) is 4.79 Å².